The highest BCUT2D eigenvalue weighted by Gasteiger charge is 2.16. The molecule has 22 heavy (non-hydrogen) atoms. The molecule has 5 nitrogen and oxygen atoms in total. The Morgan fingerprint density at radius 3 is 2.82 bits per heavy atom. The Balaban J connectivity index is 1.62. The number of nitrogens with one attached hydrogen (secondary N) is 1. The van der Waals surface area contributed by atoms with Gasteiger partial charge in [0.15, 0.2) is 11.0 Å². The molecule has 2 aromatic rings. The van der Waals surface area contributed by atoms with E-state index in [9.17, 15) is 0 Å². The van der Waals surface area contributed by atoms with Crippen LogP contribution in [0, 0.1) is 0 Å². The summed E-state index contributed by atoms with van der Waals surface area (Å²) >= 11 is 5.35. The number of benzene rings is 1. The predicted octanol–water partition coefficient (Wildman–Crippen LogP) is 1.25. The number of hydrogen-bond acceptors (Lipinski definition) is 4. The van der Waals surface area contributed by atoms with Crippen molar-refractivity contribution in [3.05, 3.63) is 28.7 Å². The first-order valence-electron chi connectivity index (χ1n) is 7.44. The summed E-state index contributed by atoms with van der Waals surface area (Å²) in [5, 5.41) is 9.66. The second-order valence-corrected chi connectivity index (χ2v) is 7.22. The molecule has 1 aliphatic rings. The molecule has 0 bridgehead atoms. The minimum atomic E-state index is 0.885. The van der Waals surface area contributed by atoms with Crippen LogP contribution < -0.4 is 4.90 Å². The van der Waals surface area contributed by atoms with E-state index in [1.165, 1.54) is 0 Å². The van der Waals surface area contributed by atoms with Gasteiger partial charge in [0.2, 0.25) is 0 Å². The normalized spacial score (nSPS) is 16.1. The van der Waals surface area contributed by atoms with Crippen LogP contribution in [0.3, 0.4) is 0 Å². The second-order valence-electron chi connectivity index (χ2n) is 5.31. The molecule has 0 saturated carbocycles. The fourth-order valence-electron chi connectivity index (χ4n) is 2.51. The van der Waals surface area contributed by atoms with Crippen molar-refractivity contribution < 1.29 is 9.64 Å². The van der Waals surface area contributed by atoms with E-state index >= 15 is 0 Å². The maximum atomic E-state index is 5.39. The van der Waals surface area contributed by atoms with Crippen LogP contribution in [-0.4, -0.2) is 53.4 Å². The number of nitrogens with zero attached hydrogens (tertiary/aromatic N) is 3. The Hall–Kier alpha value is -0.890. The number of aromatic nitrogens is 3. The van der Waals surface area contributed by atoms with Crippen LogP contribution in [0.25, 0.3) is 11.4 Å². The number of ether oxygens (including phenoxy) is 1. The summed E-state index contributed by atoms with van der Waals surface area (Å²) in [6, 6.07) is 8.10. The fraction of sp³-hybridized carbons (Fsp3) is 0.467. The quantitative estimate of drug-likeness (QED) is 0.789. The first-order chi connectivity index (χ1) is 10.8. The maximum Gasteiger partial charge on any atom is 0.191 e. The van der Waals surface area contributed by atoms with E-state index in [0.29, 0.717) is 0 Å². The minimum absolute atomic E-state index is 0.885. The summed E-state index contributed by atoms with van der Waals surface area (Å²) in [6.07, 6.45) is 0. The summed E-state index contributed by atoms with van der Waals surface area (Å²) in [6.45, 7) is 5.14. The van der Waals surface area contributed by atoms with Gasteiger partial charge in [-0.2, -0.15) is 0 Å². The Bertz CT molecular complexity index is 628. The lowest BCUT2D eigenvalue weighted by molar-refractivity contribution is -0.905. The lowest BCUT2D eigenvalue weighted by Gasteiger charge is -2.23. The number of quaternary nitrogens is 1. The van der Waals surface area contributed by atoms with Gasteiger partial charge in [-0.3, -0.25) is 0 Å². The van der Waals surface area contributed by atoms with Crippen molar-refractivity contribution in [3.63, 3.8) is 0 Å². The van der Waals surface area contributed by atoms with Gasteiger partial charge in [-0.25, -0.2) is 0 Å². The highest BCUT2D eigenvalue weighted by molar-refractivity contribution is 9.10. The van der Waals surface area contributed by atoms with Crippen molar-refractivity contribution in [2.75, 3.05) is 38.6 Å². The predicted molar refractivity (Wildman–Crippen MR) is 91.2 cm³/mol. The monoisotopic (exact) mass is 383 g/mol. The van der Waals surface area contributed by atoms with E-state index in [1.54, 1.807) is 16.7 Å². The molecule has 1 aromatic heterocycles. The maximum absolute atomic E-state index is 5.39. The standard InChI is InChI=1S/C15H19BrN4OS/c1-19-14(12-4-2-3-5-13(12)16)17-18-15(19)22-11-8-20-6-9-21-10-7-20/h2-5H,6-11H2,1H3/p+1. The third kappa shape index (κ3) is 3.71. The van der Waals surface area contributed by atoms with Gasteiger partial charge in [-0.1, -0.05) is 45.9 Å². The largest absolute Gasteiger partial charge is 0.370 e. The van der Waals surface area contributed by atoms with Crippen molar-refractivity contribution in [3.8, 4) is 11.4 Å². The van der Waals surface area contributed by atoms with Crippen molar-refractivity contribution >= 4 is 27.7 Å². The van der Waals surface area contributed by atoms with E-state index in [0.717, 1.165) is 59.6 Å². The molecule has 0 amide bonds. The summed E-state index contributed by atoms with van der Waals surface area (Å²) in [5.41, 5.74) is 1.07. The van der Waals surface area contributed by atoms with Crippen LogP contribution in [0.4, 0.5) is 0 Å². The molecule has 118 valence electrons. The first-order valence-corrected chi connectivity index (χ1v) is 9.22. The highest BCUT2D eigenvalue weighted by atomic mass is 79.9. The van der Waals surface area contributed by atoms with Gasteiger partial charge in [0.05, 0.1) is 25.5 Å². The van der Waals surface area contributed by atoms with Gasteiger partial charge in [-0.05, 0) is 6.07 Å². The third-order valence-electron chi connectivity index (χ3n) is 3.84. The Kier molecular flexibility index (Phi) is 5.51. The lowest BCUT2D eigenvalue weighted by atomic mass is 10.2. The minimum Gasteiger partial charge on any atom is -0.370 e. The molecule has 0 aliphatic carbocycles. The summed E-state index contributed by atoms with van der Waals surface area (Å²) in [5.74, 6) is 1.95. The number of hydrogen-bond donors (Lipinski definition) is 1. The zero-order valence-electron chi connectivity index (χ0n) is 12.6. The number of morpholine rings is 1. The molecule has 1 aromatic carbocycles. The molecule has 0 unspecified atom stereocenters. The van der Waals surface area contributed by atoms with E-state index in [2.05, 4.69) is 36.8 Å². The average molecular weight is 384 g/mol. The van der Waals surface area contributed by atoms with Gasteiger partial charge in [0.25, 0.3) is 0 Å². The van der Waals surface area contributed by atoms with E-state index in [4.69, 9.17) is 4.74 Å². The molecule has 0 atom stereocenters. The Morgan fingerprint density at radius 1 is 1.27 bits per heavy atom. The van der Waals surface area contributed by atoms with Gasteiger partial charge in [-0.15, -0.1) is 10.2 Å². The Morgan fingerprint density at radius 2 is 2.05 bits per heavy atom. The first kappa shape index (κ1) is 16.0. The summed E-state index contributed by atoms with van der Waals surface area (Å²) in [7, 11) is 2.03. The molecule has 2 heterocycles. The zero-order valence-corrected chi connectivity index (χ0v) is 15.0. The molecule has 1 N–H and O–H groups in total. The van der Waals surface area contributed by atoms with Gasteiger partial charge in [0, 0.05) is 17.1 Å². The molecular formula is C15H20BrN4OS+. The fourth-order valence-corrected chi connectivity index (χ4v) is 3.93. The van der Waals surface area contributed by atoms with Crippen molar-refractivity contribution in [2.24, 2.45) is 7.05 Å². The van der Waals surface area contributed by atoms with Crippen molar-refractivity contribution in [1.29, 1.82) is 0 Å². The van der Waals surface area contributed by atoms with Gasteiger partial charge in [0.1, 0.15) is 13.1 Å². The van der Waals surface area contributed by atoms with E-state index in [1.807, 2.05) is 25.2 Å². The van der Waals surface area contributed by atoms with Gasteiger partial charge < -0.3 is 14.2 Å². The number of thioether (sulfide) groups is 1. The molecule has 1 fully saturated rings. The van der Waals surface area contributed by atoms with Gasteiger partial charge >= 0.3 is 0 Å². The molecule has 0 spiro atoms. The topological polar surface area (TPSA) is 44.4 Å². The SMILES string of the molecule is Cn1c(SCC[NH+]2CCOCC2)nnc1-c1ccccc1Br. The van der Waals surface area contributed by atoms with Crippen molar-refractivity contribution in [2.45, 2.75) is 5.16 Å². The van der Waals surface area contributed by atoms with Crippen LogP contribution in [0.1, 0.15) is 0 Å². The highest BCUT2D eigenvalue weighted by Crippen LogP contribution is 2.28. The third-order valence-corrected chi connectivity index (χ3v) is 5.55. The molecule has 1 saturated heterocycles. The number of halogens is 1. The molecule has 7 heteroatoms. The molecular weight excluding hydrogens is 364 g/mol. The Labute approximate surface area is 143 Å². The van der Waals surface area contributed by atoms with Crippen LogP contribution in [-0.2, 0) is 11.8 Å². The molecule has 0 radical (unpaired) electrons. The zero-order chi connectivity index (χ0) is 15.4. The van der Waals surface area contributed by atoms with Crippen LogP contribution in [0.15, 0.2) is 33.9 Å². The summed E-state index contributed by atoms with van der Waals surface area (Å²) in [4.78, 5) is 1.62. The smallest absolute Gasteiger partial charge is 0.191 e. The summed E-state index contributed by atoms with van der Waals surface area (Å²) < 4.78 is 8.50. The molecule has 3 rings (SSSR count). The lowest BCUT2D eigenvalue weighted by Crippen LogP contribution is -3.14. The van der Waals surface area contributed by atoms with Crippen LogP contribution in [0.5, 0.6) is 0 Å². The van der Waals surface area contributed by atoms with Crippen molar-refractivity contribution in [1.82, 2.24) is 14.8 Å². The average Bonchev–Trinajstić information content (AvgIpc) is 2.90. The van der Waals surface area contributed by atoms with E-state index < -0.39 is 0 Å². The number of rotatable bonds is 5. The van der Waals surface area contributed by atoms with Crippen LogP contribution in [0.2, 0.25) is 0 Å². The van der Waals surface area contributed by atoms with Crippen LogP contribution >= 0.6 is 27.7 Å². The second kappa shape index (κ2) is 7.59. The molecule has 1 aliphatic heterocycles. The van der Waals surface area contributed by atoms with E-state index in [-0.39, 0.29) is 0 Å².